The van der Waals surface area contributed by atoms with Crippen molar-refractivity contribution < 1.29 is 19.3 Å². The molecule has 3 aromatic rings. The summed E-state index contributed by atoms with van der Waals surface area (Å²) in [6, 6.07) is 15.7. The third-order valence-corrected chi connectivity index (χ3v) is 5.39. The molecule has 0 bridgehead atoms. The van der Waals surface area contributed by atoms with E-state index in [1.807, 2.05) is 49.4 Å². The van der Waals surface area contributed by atoms with E-state index in [4.69, 9.17) is 14.2 Å². The van der Waals surface area contributed by atoms with Crippen LogP contribution in [0.1, 0.15) is 35.3 Å². The quantitative estimate of drug-likeness (QED) is 0.624. The summed E-state index contributed by atoms with van der Waals surface area (Å²) in [5.74, 6) is 2.37. The second-order valence-electron chi connectivity index (χ2n) is 7.53. The number of aliphatic hydroxyl groups excluding tert-OH is 1. The minimum Gasteiger partial charge on any atom is -0.493 e. The number of aliphatic hydroxyl groups is 1. The van der Waals surface area contributed by atoms with Crippen molar-refractivity contribution in [3.8, 4) is 17.2 Å². The molecule has 1 aliphatic heterocycles. The van der Waals surface area contributed by atoms with E-state index in [0.717, 1.165) is 59.1 Å². The summed E-state index contributed by atoms with van der Waals surface area (Å²) in [5.41, 5.74) is 3.83. The van der Waals surface area contributed by atoms with Gasteiger partial charge in [-0.3, -0.25) is 9.88 Å². The Morgan fingerprint density at radius 2 is 2.03 bits per heavy atom. The highest BCUT2D eigenvalue weighted by atomic mass is 16.5. The molecule has 0 aliphatic carbocycles. The van der Waals surface area contributed by atoms with Gasteiger partial charge in [-0.15, -0.1) is 0 Å². The van der Waals surface area contributed by atoms with Crippen LogP contribution >= 0.6 is 0 Å². The van der Waals surface area contributed by atoms with E-state index in [1.54, 1.807) is 19.5 Å². The van der Waals surface area contributed by atoms with Gasteiger partial charge in [0.05, 0.1) is 13.7 Å². The molecule has 0 radical (unpaired) electrons. The highest BCUT2D eigenvalue weighted by molar-refractivity contribution is 5.43. The minimum absolute atomic E-state index is 0.590. The highest BCUT2D eigenvalue weighted by Crippen LogP contribution is 2.31. The van der Waals surface area contributed by atoms with E-state index >= 15 is 0 Å². The second-order valence-corrected chi connectivity index (χ2v) is 7.53. The van der Waals surface area contributed by atoms with Gasteiger partial charge in [-0.2, -0.15) is 0 Å². The molecule has 162 valence electrons. The summed E-state index contributed by atoms with van der Waals surface area (Å²) in [4.78, 5) is 6.45. The molecule has 1 aliphatic rings. The van der Waals surface area contributed by atoms with E-state index in [1.165, 1.54) is 0 Å². The van der Waals surface area contributed by atoms with Gasteiger partial charge in [-0.1, -0.05) is 18.2 Å². The first-order chi connectivity index (χ1) is 15.2. The van der Waals surface area contributed by atoms with Crippen LogP contribution < -0.4 is 14.2 Å². The van der Waals surface area contributed by atoms with E-state index < -0.39 is 6.10 Å². The first-order valence-corrected chi connectivity index (χ1v) is 10.5. The molecule has 0 saturated carbocycles. The van der Waals surface area contributed by atoms with Crippen molar-refractivity contribution in [2.75, 3.05) is 26.9 Å². The number of pyridine rings is 1. The average molecular weight is 421 g/mol. The van der Waals surface area contributed by atoms with Crippen molar-refractivity contribution in [2.45, 2.75) is 26.1 Å². The topological polar surface area (TPSA) is 64.1 Å². The second kappa shape index (κ2) is 9.81. The summed E-state index contributed by atoms with van der Waals surface area (Å²) in [7, 11) is 1.65. The predicted molar refractivity (Wildman–Crippen MR) is 119 cm³/mol. The van der Waals surface area contributed by atoms with E-state index in [-0.39, 0.29) is 0 Å². The van der Waals surface area contributed by atoms with Gasteiger partial charge in [0.2, 0.25) is 0 Å². The molecule has 0 spiro atoms. The fourth-order valence-corrected chi connectivity index (χ4v) is 3.85. The molecular formula is C25H28N2O4. The van der Waals surface area contributed by atoms with Gasteiger partial charge in [-0.05, 0) is 48.4 Å². The van der Waals surface area contributed by atoms with Gasteiger partial charge in [0.1, 0.15) is 18.5 Å². The fourth-order valence-electron chi connectivity index (χ4n) is 3.85. The molecule has 0 amide bonds. The van der Waals surface area contributed by atoms with Crippen molar-refractivity contribution in [3.63, 3.8) is 0 Å². The number of aromatic nitrogens is 1. The predicted octanol–water partition coefficient (Wildman–Crippen LogP) is 3.97. The lowest BCUT2D eigenvalue weighted by atomic mass is 10.00. The van der Waals surface area contributed by atoms with Gasteiger partial charge in [0.15, 0.2) is 11.5 Å². The number of benzene rings is 2. The van der Waals surface area contributed by atoms with Crippen molar-refractivity contribution in [1.29, 1.82) is 0 Å². The number of hydrogen-bond donors (Lipinski definition) is 1. The molecule has 31 heavy (non-hydrogen) atoms. The van der Waals surface area contributed by atoms with Gasteiger partial charge in [0, 0.05) is 43.2 Å². The van der Waals surface area contributed by atoms with Gasteiger partial charge < -0.3 is 19.3 Å². The van der Waals surface area contributed by atoms with Crippen LogP contribution in [0.5, 0.6) is 17.2 Å². The summed E-state index contributed by atoms with van der Waals surface area (Å²) in [6.45, 7) is 5.48. The number of nitrogens with zero attached hydrogens (tertiary/aromatic N) is 2. The lowest BCUT2D eigenvalue weighted by molar-refractivity contribution is 0.218. The van der Waals surface area contributed by atoms with Gasteiger partial charge in [-0.25, -0.2) is 0 Å². The number of ether oxygens (including phenoxy) is 3. The van der Waals surface area contributed by atoms with Crippen LogP contribution in [0, 0.1) is 0 Å². The van der Waals surface area contributed by atoms with Crippen LogP contribution in [0.2, 0.25) is 0 Å². The zero-order chi connectivity index (χ0) is 21.6. The highest BCUT2D eigenvalue weighted by Gasteiger charge is 2.19. The Kier molecular flexibility index (Phi) is 6.70. The first-order valence-electron chi connectivity index (χ1n) is 10.5. The van der Waals surface area contributed by atoms with E-state index in [9.17, 15) is 5.11 Å². The zero-order valence-electron chi connectivity index (χ0n) is 18.0. The molecule has 1 aromatic heterocycles. The summed E-state index contributed by atoms with van der Waals surface area (Å²) >= 11 is 0. The maximum atomic E-state index is 10.8. The fraction of sp³-hybridized carbons (Fsp3) is 0.320. The number of rotatable bonds is 7. The molecule has 2 aromatic carbocycles. The third kappa shape index (κ3) is 4.98. The maximum absolute atomic E-state index is 10.8. The van der Waals surface area contributed by atoms with Gasteiger partial charge >= 0.3 is 0 Å². The van der Waals surface area contributed by atoms with Crippen LogP contribution in [0.3, 0.4) is 0 Å². The Morgan fingerprint density at radius 3 is 2.81 bits per heavy atom. The first kappa shape index (κ1) is 21.2. The number of hydrogen-bond acceptors (Lipinski definition) is 6. The van der Waals surface area contributed by atoms with E-state index in [2.05, 4.69) is 16.0 Å². The lowest BCUT2D eigenvalue weighted by Crippen LogP contribution is -2.25. The lowest BCUT2D eigenvalue weighted by Gasteiger charge is -2.21. The summed E-state index contributed by atoms with van der Waals surface area (Å²) in [5, 5.41) is 10.8. The molecule has 2 heterocycles. The Balaban J connectivity index is 1.53. The maximum Gasteiger partial charge on any atom is 0.161 e. The van der Waals surface area contributed by atoms with Crippen LogP contribution in [0.25, 0.3) is 0 Å². The van der Waals surface area contributed by atoms with Crippen LogP contribution in [-0.2, 0) is 13.1 Å². The summed E-state index contributed by atoms with van der Waals surface area (Å²) in [6.07, 6.45) is 2.68. The normalized spacial score (nSPS) is 14.8. The molecular weight excluding hydrogens is 392 g/mol. The smallest absolute Gasteiger partial charge is 0.161 e. The number of fused-ring (bicyclic) bond motifs is 1. The Morgan fingerprint density at radius 1 is 1.13 bits per heavy atom. The SMILES string of the molecule is CCOc1cc(CN2CCOc3ccc([C@H](O)c4cccnc4)cc3C2)ccc1OC. The molecule has 1 N–H and O–H groups in total. The van der Waals surface area contributed by atoms with E-state index in [0.29, 0.717) is 13.2 Å². The molecule has 0 saturated heterocycles. The molecule has 0 fully saturated rings. The van der Waals surface area contributed by atoms with Crippen molar-refractivity contribution in [3.05, 3.63) is 83.2 Å². The monoisotopic (exact) mass is 420 g/mol. The van der Waals surface area contributed by atoms with Crippen LogP contribution in [-0.4, -0.2) is 41.9 Å². The number of methoxy groups -OCH3 is 1. The van der Waals surface area contributed by atoms with Crippen LogP contribution in [0.15, 0.2) is 60.9 Å². The third-order valence-electron chi connectivity index (χ3n) is 5.39. The van der Waals surface area contributed by atoms with Crippen molar-refractivity contribution in [1.82, 2.24) is 9.88 Å². The van der Waals surface area contributed by atoms with Gasteiger partial charge in [0.25, 0.3) is 0 Å². The van der Waals surface area contributed by atoms with Crippen molar-refractivity contribution >= 4 is 0 Å². The minimum atomic E-state index is -0.717. The summed E-state index contributed by atoms with van der Waals surface area (Å²) < 4.78 is 17.1. The Bertz CT molecular complexity index is 1010. The van der Waals surface area contributed by atoms with Crippen molar-refractivity contribution in [2.24, 2.45) is 0 Å². The molecule has 0 unspecified atom stereocenters. The molecule has 1 atom stereocenters. The zero-order valence-corrected chi connectivity index (χ0v) is 18.0. The Labute approximate surface area is 183 Å². The van der Waals surface area contributed by atoms with Crippen LogP contribution in [0.4, 0.5) is 0 Å². The molecule has 4 rings (SSSR count). The molecule has 6 heteroatoms. The average Bonchev–Trinajstić information content (AvgIpc) is 3.00. The Hall–Kier alpha value is -3.09. The molecule has 6 nitrogen and oxygen atoms in total. The standard InChI is InChI=1S/C25H28N2O4/c1-3-30-24-13-18(6-8-23(24)29-2)16-27-11-12-31-22-9-7-19(14-21(22)17-27)25(28)20-5-4-10-26-15-20/h4-10,13-15,25,28H,3,11-12,16-17H2,1-2H3/t25-/m0/s1. The largest absolute Gasteiger partial charge is 0.493 e.